The van der Waals surface area contributed by atoms with Crippen LogP contribution >= 0.6 is 0 Å². The summed E-state index contributed by atoms with van der Waals surface area (Å²) in [6.07, 6.45) is 0.896. The number of nitrogens with one attached hydrogen (secondary N) is 2. The zero-order valence-corrected chi connectivity index (χ0v) is 49.5. The van der Waals surface area contributed by atoms with Crippen molar-refractivity contribution in [2.45, 2.75) is 177 Å². The molecule has 0 bridgehead atoms. The van der Waals surface area contributed by atoms with Gasteiger partial charge in [0.15, 0.2) is 5.78 Å². The summed E-state index contributed by atoms with van der Waals surface area (Å²) < 4.78 is 27.6. The first-order chi connectivity index (χ1) is 36.2. The molecule has 1 aromatic carbocycles. The second-order valence-corrected chi connectivity index (χ2v) is 22.8. The number of carbonyl (C=O) groups is 10. The summed E-state index contributed by atoms with van der Waals surface area (Å²) in [5, 5.41) is 6.64. The second kappa shape index (κ2) is 30.0. The van der Waals surface area contributed by atoms with Gasteiger partial charge >= 0.3 is 30.0 Å². The van der Waals surface area contributed by atoms with Crippen molar-refractivity contribution in [2.24, 2.45) is 30.2 Å². The number of hydrogen-bond donors (Lipinski definition) is 2. The van der Waals surface area contributed by atoms with Crippen LogP contribution in [0.2, 0.25) is 0 Å². The Balaban J connectivity index is 2.62. The Morgan fingerprint density at radius 2 is 1.29 bits per heavy atom. The minimum Gasteiger partial charge on any atom is -0.469 e. The number of aryl methyl sites for hydroxylation is 1. The first-order valence-corrected chi connectivity index (χ1v) is 26.7. The quantitative estimate of drug-likeness (QED) is 0.0468. The third-order valence-corrected chi connectivity index (χ3v) is 13.7. The molecule has 2 rings (SSSR count). The molecule has 0 aliphatic rings. The van der Waals surface area contributed by atoms with E-state index in [1.165, 1.54) is 30.9 Å². The largest absolute Gasteiger partial charge is 0.469 e. The second-order valence-electron chi connectivity index (χ2n) is 22.8. The number of benzene rings is 1. The monoisotopic (exact) mass is 1100 g/mol. The fourth-order valence-electron chi connectivity index (χ4n) is 9.34. The number of nitrogens with zero attached hydrogens (tertiary/aromatic N) is 3. The Kier molecular flexibility index (Phi) is 25.9. The van der Waals surface area contributed by atoms with Crippen LogP contribution in [0, 0.1) is 23.2 Å². The number of Topliss-reactive ketones (excluding diaryl/α,β-unsaturated/α-hetero) is 2. The van der Waals surface area contributed by atoms with Crippen molar-refractivity contribution in [3.05, 3.63) is 47.7 Å². The summed E-state index contributed by atoms with van der Waals surface area (Å²) in [7, 11) is 7.30. The van der Waals surface area contributed by atoms with E-state index in [1.54, 1.807) is 68.5 Å². The Bertz CT molecular complexity index is 2480. The predicted octanol–water partition coefficient (Wildman–Crippen LogP) is 7.10. The van der Waals surface area contributed by atoms with Gasteiger partial charge in [-0.15, -0.1) is 0 Å². The molecule has 20 nitrogen and oxygen atoms in total. The number of hydrogen-bond acceptors (Lipinski definition) is 15. The van der Waals surface area contributed by atoms with E-state index in [9.17, 15) is 43.2 Å². The van der Waals surface area contributed by atoms with Gasteiger partial charge in [-0.3, -0.25) is 48.1 Å². The minimum absolute atomic E-state index is 0.00814. The van der Waals surface area contributed by atoms with E-state index in [0.29, 0.717) is 0 Å². The topological polar surface area (TPSA) is 252 Å². The third kappa shape index (κ3) is 19.7. The number of ketones is 2. The van der Waals surface area contributed by atoms with Gasteiger partial charge in [0.25, 0.3) is 0 Å². The normalized spacial score (nSPS) is 14.4. The van der Waals surface area contributed by atoms with E-state index in [4.69, 9.17) is 18.9 Å². The fourth-order valence-corrected chi connectivity index (χ4v) is 9.34. The number of methoxy groups -OCH3 is 2. The SMILES string of the molecule is CCOC(=O)CC[C@H](CC(=O)[C@H](CCC(=O)C[C@@H](CCC(=O)OC)C(=O)OC)NC(=O)/C(C)=C/[C@H](C(C)C)N(C)C(=O)[C@@H](NC(=O)[C@@H](N(C)C(=O)OC(C)(C)C)C(C)(C)c1cn(C)c2ccccc12)C(C)(C)C)C(=O)OCC. The Morgan fingerprint density at radius 3 is 1.83 bits per heavy atom. The molecular formula is C58H89N5O15. The van der Waals surface area contributed by atoms with Crippen LogP contribution in [0.5, 0.6) is 0 Å². The van der Waals surface area contributed by atoms with Crippen molar-refractivity contribution in [1.29, 1.82) is 0 Å². The van der Waals surface area contributed by atoms with Crippen molar-refractivity contribution in [2.75, 3.05) is 41.5 Å². The van der Waals surface area contributed by atoms with E-state index in [-0.39, 0.29) is 69.7 Å². The maximum atomic E-state index is 15.1. The molecule has 2 aromatic rings. The number of fused-ring (bicyclic) bond motifs is 1. The van der Waals surface area contributed by atoms with Crippen molar-refractivity contribution in [3.63, 3.8) is 0 Å². The Morgan fingerprint density at radius 1 is 0.718 bits per heavy atom. The van der Waals surface area contributed by atoms with Gasteiger partial charge in [-0.1, -0.05) is 72.7 Å². The highest BCUT2D eigenvalue weighted by atomic mass is 16.6. The third-order valence-electron chi connectivity index (χ3n) is 13.7. The molecule has 0 fully saturated rings. The summed E-state index contributed by atoms with van der Waals surface area (Å²) in [6, 6.07) is 3.21. The lowest BCUT2D eigenvalue weighted by Gasteiger charge is -2.42. The molecular weight excluding hydrogens is 1010 g/mol. The maximum Gasteiger partial charge on any atom is 0.410 e. The van der Waals surface area contributed by atoms with Crippen LogP contribution < -0.4 is 10.6 Å². The summed E-state index contributed by atoms with van der Waals surface area (Å²) in [4.78, 5) is 139. The molecule has 4 amide bonds. The molecule has 0 unspecified atom stereocenters. The number of amides is 4. The fraction of sp³-hybridized carbons (Fsp3) is 0.655. The van der Waals surface area contributed by atoms with Crippen LogP contribution in [0.25, 0.3) is 10.9 Å². The van der Waals surface area contributed by atoms with Gasteiger partial charge in [0.1, 0.15) is 23.5 Å². The van der Waals surface area contributed by atoms with Crippen LogP contribution in [0.15, 0.2) is 42.1 Å². The molecule has 20 heteroatoms. The van der Waals surface area contributed by atoms with Crippen LogP contribution in [0.4, 0.5) is 4.79 Å². The number of esters is 4. The molecule has 0 aliphatic carbocycles. The summed E-state index contributed by atoms with van der Waals surface area (Å²) in [5.41, 5.74) is -1.07. The van der Waals surface area contributed by atoms with Gasteiger partial charge in [-0.2, -0.15) is 0 Å². The molecule has 0 aliphatic heterocycles. The standard InChI is InChI=1S/C58H89N5O15/c1-19-76-47(67)30-26-38(54(72)77-20-2)33-45(65)42(28-27-39(64)32-37(53(71)75-18)25-29-46(66)74-17)59-50(68)36(5)31-44(35(3)4)62(15)52(70)48(56(6,7)8)60-51(69)49(63(16)55(73)78-57(9,10)11)58(12,13)41-34-61(14)43-24-22-21-23-40(41)43/h21-24,31,34-35,37-38,42,44,48-49H,19-20,25-30,32-33H2,1-18H3,(H,59,68)(H,60,69)/b36-31+/t37-,38-,42+,44-,48-,49-/m1/s1. The number of para-hydroxylation sites is 1. The highest BCUT2D eigenvalue weighted by Gasteiger charge is 2.47. The average Bonchev–Trinajstić information content (AvgIpc) is 3.70. The van der Waals surface area contributed by atoms with E-state index in [2.05, 4.69) is 15.4 Å². The van der Waals surface area contributed by atoms with Crippen molar-refractivity contribution < 1.29 is 71.6 Å². The van der Waals surface area contributed by atoms with E-state index >= 15 is 4.79 Å². The molecule has 1 aromatic heterocycles. The van der Waals surface area contributed by atoms with Crippen LogP contribution in [0.1, 0.15) is 147 Å². The van der Waals surface area contributed by atoms with Crippen LogP contribution in [0.3, 0.4) is 0 Å². The number of likely N-dealkylation sites (N-methyl/N-ethyl adjacent to an activating group) is 2. The van der Waals surface area contributed by atoms with Gasteiger partial charge in [0.05, 0.1) is 51.4 Å². The first kappa shape index (κ1) is 67.5. The molecule has 436 valence electrons. The van der Waals surface area contributed by atoms with Crippen LogP contribution in [-0.4, -0.2) is 145 Å². The van der Waals surface area contributed by atoms with Crippen LogP contribution in [-0.2, 0) is 79.3 Å². The number of aromatic nitrogens is 1. The molecule has 0 saturated heterocycles. The molecule has 0 saturated carbocycles. The van der Waals surface area contributed by atoms with Gasteiger partial charge in [0, 0.05) is 81.3 Å². The predicted molar refractivity (Wildman–Crippen MR) is 293 cm³/mol. The number of carbonyl (C=O) groups excluding carboxylic acids is 10. The highest BCUT2D eigenvalue weighted by molar-refractivity contribution is 5.99. The molecule has 78 heavy (non-hydrogen) atoms. The summed E-state index contributed by atoms with van der Waals surface area (Å²) in [5.74, 6) is -8.02. The Hall–Kier alpha value is -6.60. The maximum absolute atomic E-state index is 15.1. The lowest BCUT2D eigenvalue weighted by molar-refractivity contribution is -0.151. The van der Waals surface area contributed by atoms with Crippen molar-refractivity contribution in [1.82, 2.24) is 25.0 Å². The summed E-state index contributed by atoms with van der Waals surface area (Å²) in [6.45, 7) is 22.8. The molecule has 0 spiro atoms. The molecule has 2 N–H and O–H groups in total. The minimum atomic E-state index is -1.36. The Labute approximate surface area is 461 Å². The van der Waals surface area contributed by atoms with E-state index in [0.717, 1.165) is 23.6 Å². The van der Waals surface area contributed by atoms with E-state index < -0.39 is 118 Å². The average molecular weight is 1100 g/mol. The number of ether oxygens (including phenoxy) is 5. The molecule has 6 atom stereocenters. The zero-order valence-electron chi connectivity index (χ0n) is 49.5. The number of rotatable bonds is 29. The van der Waals surface area contributed by atoms with Gasteiger partial charge in [-0.25, -0.2) is 4.79 Å². The van der Waals surface area contributed by atoms with Crippen molar-refractivity contribution in [3.8, 4) is 0 Å². The molecule has 0 radical (unpaired) electrons. The zero-order chi connectivity index (χ0) is 59.6. The van der Waals surface area contributed by atoms with E-state index in [1.807, 2.05) is 69.8 Å². The lowest BCUT2D eigenvalue weighted by Crippen LogP contribution is -2.63. The summed E-state index contributed by atoms with van der Waals surface area (Å²) >= 11 is 0. The van der Waals surface area contributed by atoms with Gasteiger partial charge < -0.3 is 43.8 Å². The van der Waals surface area contributed by atoms with Gasteiger partial charge in [-0.05, 0) is 83.8 Å². The lowest BCUT2D eigenvalue weighted by atomic mass is 9.76. The highest BCUT2D eigenvalue weighted by Crippen LogP contribution is 2.37. The smallest absolute Gasteiger partial charge is 0.410 e. The van der Waals surface area contributed by atoms with Crippen molar-refractivity contribution >= 4 is 70.2 Å². The first-order valence-electron chi connectivity index (χ1n) is 26.7. The molecule has 1 heterocycles. The van der Waals surface area contributed by atoms with Gasteiger partial charge in [0.2, 0.25) is 17.7 Å².